The van der Waals surface area contributed by atoms with Gasteiger partial charge in [-0.3, -0.25) is 9.78 Å². The van der Waals surface area contributed by atoms with Crippen LogP contribution in [0.25, 0.3) is 0 Å². The number of nitrogen functional groups attached to an aromatic ring is 1. The second-order valence-corrected chi connectivity index (χ2v) is 5.12. The number of ketones is 1. The molecular weight excluding hydrogens is 280 g/mol. The Bertz CT molecular complexity index is 667. The third-order valence-corrected chi connectivity index (χ3v) is 3.60. The Hall–Kier alpha value is -2.54. The summed E-state index contributed by atoms with van der Waals surface area (Å²) in [6.45, 7) is 3.64. The third kappa shape index (κ3) is 3.04. The SMILES string of the molecule is Nc1ncccc1C(=O)c1cncc(N2CCCNCC2)n1. The van der Waals surface area contributed by atoms with Crippen LogP contribution in [0, 0.1) is 0 Å². The molecule has 0 aliphatic carbocycles. The summed E-state index contributed by atoms with van der Waals surface area (Å²) < 4.78 is 0. The van der Waals surface area contributed by atoms with Crippen LogP contribution in [0.5, 0.6) is 0 Å². The number of nitrogens with one attached hydrogen (secondary N) is 1. The van der Waals surface area contributed by atoms with Gasteiger partial charge in [-0.05, 0) is 25.1 Å². The largest absolute Gasteiger partial charge is 0.383 e. The second-order valence-electron chi connectivity index (χ2n) is 5.12. The minimum absolute atomic E-state index is 0.207. The number of anilines is 2. The average molecular weight is 298 g/mol. The van der Waals surface area contributed by atoms with Crippen molar-refractivity contribution in [2.75, 3.05) is 36.8 Å². The van der Waals surface area contributed by atoms with E-state index in [-0.39, 0.29) is 17.3 Å². The molecule has 2 aromatic heterocycles. The van der Waals surface area contributed by atoms with Gasteiger partial charge in [0.15, 0.2) is 0 Å². The molecular formula is C15H18N6O. The first kappa shape index (κ1) is 14.4. The molecule has 1 aliphatic rings. The lowest BCUT2D eigenvalue weighted by Gasteiger charge is -2.20. The highest BCUT2D eigenvalue weighted by Crippen LogP contribution is 2.16. The maximum Gasteiger partial charge on any atom is 0.216 e. The summed E-state index contributed by atoms with van der Waals surface area (Å²) in [4.78, 5) is 27.2. The lowest BCUT2D eigenvalue weighted by atomic mass is 10.1. The third-order valence-electron chi connectivity index (χ3n) is 3.60. The van der Waals surface area contributed by atoms with Crippen LogP contribution < -0.4 is 16.0 Å². The maximum atomic E-state index is 12.5. The fraction of sp³-hybridized carbons (Fsp3) is 0.333. The number of hydrogen-bond donors (Lipinski definition) is 2. The van der Waals surface area contributed by atoms with Crippen molar-refractivity contribution in [3.63, 3.8) is 0 Å². The van der Waals surface area contributed by atoms with Crippen molar-refractivity contribution in [1.29, 1.82) is 0 Å². The van der Waals surface area contributed by atoms with E-state index in [1.54, 1.807) is 24.5 Å². The van der Waals surface area contributed by atoms with Crippen molar-refractivity contribution in [2.45, 2.75) is 6.42 Å². The molecule has 7 heteroatoms. The minimum Gasteiger partial charge on any atom is -0.383 e. The van der Waals surface area contributed by atoms with Crippen LogP contribution in [0.15, 0.2) is 30.7 Å². The maximum absolute atomic E-state index is 12.5. The molecule has 3 heterocycles. The highest BCUT2D eigenvalue weighted by atomic mass is 16.1. The monoisotopic (exact) mass is 298 g/mol. The zero-order chi connectivity index (χ0) is 15.4. The Morgan fingerprint density at radius 2 is 2.18 bits per heavy atom. The number of aromatic nitrogens is 3. The molecule has 22 heavy (non-hydrogen) atoms. The number of nitrogens with two attached hydrogens (primary N) is 1. The van der Waals surface area contributed by atoms with Crippen LogP contribution in [0.2, 0.25) is 0 Å². The van der Waals surface area contributed by atoms with Gasteiger partial charge in [0.25, 0.3) is 0 Å². The quantitative estimate of drug-likeness (QED) is 0.796. The molecule has 0 unspecified atom stereocenters. The van der Waals surface area contributed by atoms with Gasteiger partial charge >= 0.3 is 0 Å². The van der Waals surface area contributed by atoms with Crippen LogP contribution in [-0.2, 0) is 0 Å². The molecule has 0 radical (unpaired) electrons. The van der Waals surface area contributed by atoms with Gasteiger partial charge in [-0.1, -0.05) is 0 Å². The Morgan fingerprint density at radius 1 is 1.27 bits per heavy atom. The summed E-state index contributed by atoms with van der Waals surface area (Å²) in [6.07, 6.45) is 5.75. The van der Waals surface area contributed by atoms with Crippen LogP contribution >= 0.6 is 0 Å². The van der Waals surface area contributed by atoms with Crippen molar-refractivity contribution < 1.29 is 4.79 Å². The smallest absolute Gasteiger partial charge is 0.216 e. The Balaban J connectivity index is 1.87. The van der Waals surface area contributed by atoms with E-state index < -0.39 is 0 Å². The van der Waals surface area contributed by atoms with Crippen molar-refractivity contribution in [3.05, 3.63) is 42.0 Å². The zero-order valence-corrected chi connectivity index (χ0v) is 12.2. The number of nitrogens with zero attached hydrogens (tertiary/aromatic N) is 4. The second kappa shape index (κ2) is 6.48. The molecule has 1 saturated heterocycles. The van der Waals surface area contributed by atoms with Crippen molar-refractivity contribution in [1.82, 2.24) is 20.3 Å². The highest BCUT2D eigenvalue weighted by molar-refractivity contribution is 6.10. The van der Waals surface area contributed by atoms with Crippen molar-refractivity contribution in [3.8, 4) is 0 Å². The molecule has 3 rings (SSSR count). The predicted molar refractivity (Wildman–Crippen MR) is 83.8 cm³/mol. The van der Waals surface area contributed by atoms with Crippen LogP contribution in [-0.4, -0.2) is 46.9 Å². The van der Waals surface area contributed by atoms with E-state index in [9.17, 15) is 4.79 Å². The topological polar surface area (TPSA) is 97.0 Å². The summed E-state index contributed by atoms with van der Waals surface area (Å²) >= 11 is 0. The standard InChI is InChI=1S/C15H18N6O/c16-15-11(3-1-5-19-15)14(22)12-9-18-10-13(20-12)21-7-2-4-17-6-8-21/h1,3,5,9-10,17H,2,4,6-8H2,(H2,16,19). The average Bonchev–Trinajstić information content (AvgIpc) is 2.84. The van der Waals surface area contributed by atoms with E-state index in [1.165, 1.54) is 6.20 Å². The van der Waals surface area contributed by atoms with E-state index in [2.05, 4.69) is 25.2 Å². The predicted octanol–water partition coefficient (Wildman–Crippen LogP) is 0.484. The summed E-state index contributed by atoms with van der Waals surface area (Å²) in [5, 5.41) is 3.34. The van der Waals surface area contributed by atoms with Gasteiger partial charge in [-0.15, -0.1) is 0 Å². The fourth-order valence-corrected chi connectivity index (χ4v) is 2.44. The molecule has 0 spiro atoms. The normalized spacial score (nSPS) is 15.4. The molecule has 3 N–H and O–H groups in total. The first-order valence-corrected chi connectivity index (χ1v) is 7.28. The number of hydrogen-bond acceptors (Lipinski definition) is 7. The Labute approximate surface area is 128 Å². The fourth-order valence-electron chi connectivity index (χ4n) is 2.44. The number of carbonyl (C=O) groups is 1. The molecule has 7 nitrogen and oxygen atoms in total. The minimum atomic E-state index is -0.257. The van der Waals surface area contributed by atoms with Crippen molar-refractivity contribution >= 4 is 17.4 Å². The Kier molecular flexibility index (Phi) is 4.24. The van der Waals surface area contributed by atoms with Crippen molar-refractivity contribution in [2.24, 2.45) is 0 Å². The molecule has 114 valence electrons. The number of rotatable bonds is 3. The van der Waals surface area contributed by atoms with Gasteiger partial charge in [-0.25, -0.2) is 9.97 Å². The molecule has 1 fully saturated rings. The van der Waals surface area contributed by atoms with E-state index >= 15 is 0 Å². The first-order valence-electron chi connectivity index (χ1n) is 7.28. The van der Waals surface area contributed by atoms with E-state index in [1.807, 2.05) is 0 Å². The summed E-state index contributed by atoms with van der Waals surface area (Å²) in [7, 11) is 0. The zero-order valence-electron chi connectivity index (χ0n) is 12.2. The van der Waals surface area contributed by atoms with Gasteiger partial charge in [0.05, 0.1) is 18.0 Å². The highest BCUT2D eigenvalue weighted by Gasteiger charge is 2.17. The van der Waals surface area contributed by atoms with E-state index in [0.717, 1.165) is 38.4 Å². The Morgan fingerprint density at radius 3 is 3.05 bits per heavy atom. The van der Waals surface area contributed by atoms with Gasteiger partial charge < -0.3 is 16.0 Å². The number of carbonyl (C=O) groups excluding carboxylic acids is 1. The van der Waals surface area contributed by atoms with Gasteiger partial charge in [0.2, 0.25) is 5.78 Å². The summed E-state index contributed by atoms with van der Waals surface area (Å²) in [6, 6.07) is 3.33. The van der Waals surface area contributed by atoms with Gasteiger partial charge in [-0.2, -0.15) is 0 Å². The van der Waals surface area contributed by atoms with Gasteiger partial charge in [0.1, 0.15) is 17.3 Å². The molecule has 1 aliphatic heterocycles. The molecule has 0 atom stereocenters. The van der Waals surface area contributed by atoms with Gasteiger partial charge in [0, 0.05) is 25.8 Å². The van der Waals surface area contributed by atoms with Crippen LogP contribution in [0.3, 0.4) is 0 Å². The molecule has 0 bridgehead atoms. The lowest BCUT2D eigenvalue weighted by Crippen LogP contribution is -2.29. The van der Waals surface area contributed by atoms with Crippen LogP contribution in [0.4, 0.5) is 11.6 Å². The van der Waals surface area contributed by atoms with Crippen LogP contribution in [0.1, 0.15) is 22.5 Å². The summed E-state index contributed by atoms with van der Waals surface area (Å²) in [5.41, 5.74) is 6.40. The number of pyridine rings is 1. The molecule has 0 saturated carbocycles. The first-order chi connectivity index (χ1) is 10.8. The molecule has 2 aromatic rings. The van der Waals surface area contributed by atoms with E-state index in [0.29, 0.717) is 5.56 Å². The molecule has 0 aromatic carbocycles. The van der Waals surface area contributed by atoms with E-state index in [4.69, 9.17) is 5.73 Å². The lowest BCUT2D eigenvalue weighted by molar-refractivity contribution is 0.103. The molecule has 0 amide bonds. The summed E-state index contributed by atoms with van der Waals surface area (Å²) in [5.74, 6) is 0.670.